The van der Waals surface area contributed by atoms with E-state index in [9.17, 15) is 14.4 Å². The summed E-state index contributed by atoms with van der Waals surface area (Å²) in [7, 11) is 0. The number of ether oxygens (including phenoxy) is 1. The van der Waals surface area contributed by atoms with Gasteiger partial charge in [0, 0.05) is 31.5 Å². The molecule has 186 valence electrons. The van der Waals surface area contributed by atoms with Crippen molar-refractivity contribution < 1.29 is 24.2 Å². The number of nitrogens with zero attached hydrogens (tertiary/aromatic N) is 1. The summed E-state index contributed by atoms with van der Waals surface area (Å²) in [6.07, 6.45) is -0.694. The molecule has 2 N–H and O–H groups in total. The normalized spacial score (nSPS) is 12.8. The van der Waals surface area contributed by atoms with Crippen LogP contribution in [-0.4, -0.2) is 47.2 Å². The highest BCUT2D eigenvalue weighted by Crippen LogP contribution is 2.44. The van der Waals surface area contributed by atoms with E-state index in [0.717, 1.165) is 27.8 Å². The Hall–Kier alpha value is -4.13. The maximum atomic E-state index is 12.9. The SMILES string of the molecule is C[C@@H](CC(=O)N(CCC(=O)O)Cc1ccccc1)NC(=O)OCC1c2ccccc2-c2ccccc21. The molecule has 0 radical (unpaired) electrons. The summed E-state index contributed by atoms with van der Waals surface area (Å²) in [5, 5.41) is 11.8. The lowest BCUT2D eigenvalue weighted by Gasteiger charge is -2.24. The van der Waals surface area contributed by atoms with Crippen LogP contribution in [0.2, 0.25) is 0 Å². The highest BCUT2D eigenvalue weighted by Gasteiger charge is 2.29. The van der Waals surface area contributed by atoms with Gasteiger partial charge in [0.05, 0.1) is 6.42 Å². The topological polar surface area (TPSA) is 95.9 Å². The number of alkyl carbamates (subject to hydrolysis) is 1. The van der Waals surface area contributed by atoms with Crippen LogP contribution in [0, 0.1) is 0 Å². The highest BCUT2D eigenvalue weighted by molar-refractivity contribution is 5.80. The molecule has 3 aromatic rings. The second-order valence-corrected chi connectivity index (χ2v) is 9.02. The second-order valence-electron chi connectivity index (χ2n) is 9.02. The zero-order chi connectivity index (χ0) is 25.5. The molecule has 0 aliphatic heterocycles. The molecule has 0 aromatic heterocycles. The van der Waals surface area contributed by atoms with Gasteiger partial charge in [-0.2, -0.15) is 0 Å². The van der Waals surface area contributed by atoms with Crippen LogP contribution < -0.4 is 5.32 Å². The predicted octanol–water partition coefficient (Wildman–Crippen LogP) is 4.81. The van der Waals surface area contributed by atoms with E-state index in [-0.39, 0.29) is 37.8 Å². The monoisotopic (exact) mass is 486 g/mol. The van der Waals surface area contributed by atoms with Crippen molar-refractivity contribution in [3.05, 3.63) is 95.6 Å². The van der Waals surface area contributed by atoms with Crippen LogP contribution in [0.25, 0.3) is 11.1 Å². The first-order chi connectivity index (χ1) is 17.4. The molecule has 7 heteroatoms. The summed E-state index contributed by atoms with van der Waals surface area (Å²) in [5.41, 5.74) is 5.48. The average Bonchev–Trinajstić information content (AvgIpc) is 3.19. The number of carboxylic acid groups (broad SMARTS) is 1. The molecule has 0 saturated heterocycles. The molecule has 7 nitrogen and oxygen atoms in total. The highest BCUT2D eigenvalue weighted by atomic mass is 16.5. The summed E-state index contributed by atoms with van der Waals surface area (Å²) in [4.78, 5) is 38.1. The van der Waals surface area contributed by atoms with Gasteiger partial charge >= 0.3 is 12.1 Å². The van der Waals surface area contributed by atoms with Gasteiger partial charge in [0.25, 0.3) is 0 Å². The standard InChI is InChI=1S/C29H30N2O5/c1-20(17-27(32)31(16-15-28(33)34)18-21-9-3-2-4-10-21)30-29(35)36-19-26-24-13-7-5-11-22(24)23-12-6-8-14-25(23)26/h2-14,20,26H,15-19H2,1H3,(H,30,35)(H,33,34)/t20-/m0/s1. The van der Waals surface area contributed by atoms with Crippen LogP contribution in [-0.2, 0) is 20.9 Å². The Morgan fingerprint density at radius 3 is 2.11 bits per heavy atom. The molecule has 4 rings (SSSR count). The minimum atomic E-state index is -0.967. The van der Waals surface area contributed by atoms with Crippen LogP contribution >= 0.6 is 0 Å². The Morgan fingerprint density at radius 1 is 0.917 bits per heavy atom. The Morgan fingerprint density at radius 2 is 1.50 bits per heavy atom. The largest absolute Gasteiger partial charge is 0.481 e. The Kier molecular flexibility index (Phi) is 8.00. The van der Waals surface area contributed by atoms with Crippen LogP contribution in [0.1, 0.15) is 42.4 Å². The Balaban J connectivity index is 1.32. The third-order valence-corrected chi connectivity index (χ3v) is 6.35. The van der Waals surface area contributed by atoms with Crippen molar-refractivity contribution in [2.24, 2.45) is 0 Å². The Bertz CT molecular complexity index is 1180. The second kappa shape index (κ2) is 11.5. The van der Waals surface area contributed by atoms with Crippen LogP contribution in [0.4, 0.5) is 4.79 Å². The number of carbonyl (C=O) groups excluding carboxylic acids is 2. The minimum absolute atomic E-state index is 0.0383. The number of carboxylic acids is 1. The van der Waals surface area contributed by atoms with E-state index in [2.05, 4.69) is 29.6 Å². The van der Waals surface area contributed by atoms with Gasteiger partial charge in [-0.3, -0.25) is 9.59 Å². The summed E-state index contributed by atoms with van der Waals surface area (Å²) >= 11 is 0. The fraction of sp³-hybridized carbons (Fsp3) is 0.276. The number of benzene rings is 3. The smallest absolute Gasteiger partial charge is 0.407 e. The molecule has 0 saturated carbocycles. The number of carbonyl (C=O) groups is 3. The van der Waals surface area contributed by atoms with E-state index in [0.29, 0.717) is 6.54 Å². The summed E-state index contributed by atoms with van der Waals surface area (Å²) in [5.74, 6) is -1.24. The van der Waals surface area contributed by atoms with Crippen molar-refractivity contribution in [2.45, 2.75) is 38.3 Å². The molecule has 0 spiro atoms. The van der Waals surface area contributed by atoms with Gasteiger partial charge in [-0.25, -0.2) is 4.79 Å². The van der Waals surface area contributed by atoms with Gasteiger partial charge in [0.2, 0.25) is 5.91 Å². The van der Waals surface area contributed by atoms with E-state index in [4.69, 9.17) is 9.84 Å². The minimum Gasteiger partial charge on any atom is -0.481 e. The lowest BCUT2D eigenvalue weighted by Crippen LogP contribution is -2.40. The van der Waals surface area contributed by atoms with Crippen molar-refractivity contribution in [1.29, 1.82) is 0 Å². The maximum absolute atomic E-state index is 12.9. The fourth-order valence-electron chi connectivity index (χ4n) is 4.61. The third kappa shape index (κ3) is 6.10. The molecule has 1 aliphatic carbocycles. The average molecular weight is 487 g/mol. The van der Waals surface area contributed by atoms with Crippen LogP contribution in [0.3, 0.4) is 0 Å². The zero-order valence-electron chi connectivity index (χ0n) is 20.2. The van der Waals surface area contributed by atoms with Gasteiger partial charge in [-0.05, 0) is 34.7 Å². The quantitative estimate of drug-likeness (QED) is 0.429. The van der Waals surface area contributed by atoms with Crippen molar-refractivity contribution in [2.75, 3.05) is 13.2 Å². The van der Waals surface area contributed by atoms with Crippen molar-refractivity contribution in [3.8, 4) is 11.1 Å². The molecule has 36 heavy (non-hydrogen) atoms. The molecule has 2 amide bonds. The number of amides is 2. The van der Waals surface area contributed by atoms with Gasteiger partial charge in [0.15, 0.2) is 0 Å². The number of hydrogen-bond donors (Lipinski definition) is 2. The first kappa shape index (κ1) is 25.0. The lowest BCUT2D eigenvalue weighted by atomic mass is 9.98. The zero-order valence-corrected chi connectivity index (χ0v) is 20.2. The number of nitrogens with one attached hydrogen (secondary N) is 1. The fourth-order valence-corrected chi connectivity index (χ4v) is 4.61. The molecular formula is C29H30N2O5. The van der Waals surface area contributed by atoms with E-state index in [1.807, 2.05) is 54.6 Å². The van der Waals surface area contributed by atoms with Crippen LogP contribution in [0.15, 0.2) is 78.9 Å². The first-order valence-corrected chi connectivity index (χ1v) is 12.1. The predicted molar refractivity (Wildman–Crippen MR) is 136 cm³/mol. The molecule has 0 fully saturated rings. The van der Waals surface area contributed by atoms with Gasteiger partial charge < -0.3 is 20.1 Å². The van der Waals surface area contributed by atoms with Gasteiger partial charge in [-0.1, -0.05) is 78.9 Å². The molecule has 1 aliphatic rings. The van der Waals surface area contributed by atoms with E-state index in [1.165, 1.54) is 4.90 Å². The van der Waals surface area contributed by atoms with Crippen LogP contribution in [0.5, 0.6) is 0 Å². The molecule has 0 bridgehead atoms. The number of aliphatic carboxylic acids is 1. The number of fused-ring (bicyclic) bond motifs is 3. The number of hydrogen-bond acceptors (Lipinski definition) is 4. The molecular weight excluding hydrogens is 456 g/mol. The summed E-state index contributed by atoms with van der Waals surface area (Å²) in [6.45, 7) is 2.34. The molecule has 0 heterocycles. The lowest BCUT2D eigenvalue weighted by molar-refractivity contribution is -0.138. The van der Waals surface area contributed by atoms with Gasteiger partial charge in [-0.15, -0.1) is 0 Å². The van der Waals surface area contributed by atoms with E-state index >= 15 is 0 Å². The number of rotatable bonds is 10. The molecule has 0 unspecified atom stereocenters. The van der Waals surface area contributed by atoms with E-state index < -0.39 is 18.1 Å². The van der Waals surface area contributed by atoms with Crippen molar-refractivity contribution in [3.63, 3.8) is 0 Å². The van der Waals surface area contributed by atoms with Gasteiger partial charge in [0.1, 0.15) is 6.61 Å². The first-order valence-electron chi connectivity index (χ1n) is 12.1. The molecule has 1 atom stereocenters. The summed E-state index contributed by atoms with van der Waals surface area (Å²) in [6, 6.07) is 25.2. The summed E-state index contributed by atoms with van der Waals surface area (Å²) < 4.78 is 5.57. The van der Waals surface area contributed by atoms with Crippen molar-refractivity contribution in [1.82, 2.24) is 10.2 Å². The molecule has 3 aromatic carbocycles. The van der Waals surface area contributed by atoms with E-state index in [1.54, 1.807) is 6.92 Å². The third-order valence-electron chi connectivity index (χ3n) is 6.35. The Labute approximate surface area is 210 Å². The maximum Gasteiger partial charge on any atom is 0.407 e. The van der Waals surface area contributed by atoms with Crippen molar-refractivity contribution >= 4 is 18.0 Å².